The van der Waals surface area contributed by atoms with Gasteiger partial charge in [-0.1, -0.05) is 19.9 Å². The highest BCUT2D eigenvalue weighted by Crippen LogP contribution is 2.23. The Balaban J connectivity index is 2.33. The summed E-state index contributed by atoms with van der Waals surface area (Å²) >= 11 is 0. The van der Waals surface area contributed by atoms with Crippen molar-refractivity contribution in [3.63, 3.8) is 0 Å². The zero-order valence-corrected chi connectivity index (χ0v) is 10.1. The van der Waals surface area contributed by atoms with Crippen LogP contribution in [0, 0.1) is 0 Å². The fourth-order valence-electron chi connectivity index (χ4n) is 2.05. The maximum absolute atomic E-state index is 4.60. The Morgan fingerprint density at radius 2 is 2.20 bits per heavy atom. The minimum absolute atomic E-state index is 0.576. The summed E-state index contributed by atoms with van der Waals surface area (Å²) in [6.07, 6.45) is 3.13. The van der Waals surface area contributed by atoms with Crippen molar-refractivity contribution in [3.05, 3.63) is 29.1 Å². The third-order valence-corrected chi connectivity index (χ3v) is 3.41. The highest BCUT2D eigenvalue weighted by Gasteiger charge is 2.21. The lowest BCUT2D eigenvalue weighted by Gasteiger charge is -2.31. The lowest BCUT2D eigenvalue weighted by atomic mass is 9.96. The van der Waals surface area contributed by atoms with Crippen molar-refractivity contribution in [2.75, 3.05) is 7.05 Å². The first-order valence-corrected chi connectivity index (χ1v) is 5.76. The lowest BCUT2D eigenvalue weighted by Crippen LogP contribution is -2.35. The molecule has 0 spiro atoms. The second-order valence-electron chi connectivity index (χ2n) is 5.00. The molecule has 1 aliphatic heterocycles. The molecule has 0 aromatic carbocycles. The van der Waals surface area contributed by atoms with Gasteiger partial charge in [-0.05, 0) is 31.0 Å². The van der Waals surface area contributed by atoms with E-state index >= 15 is 0 Å². The van der Waals surface area contributed by atoms with Gasteiger partial charge in [0.25, 0.3) is 0 Å². The minimum Gasteiger partial charge on any atom is -0.299 e. The molecule has 2 heteroatoms. The topological polar surface area (TPSA) is 16.1 Å². The normalized spacial score (nSPS) is 21.8. The molecule has 0 fully saturated rings. The number of nitrogens with zero attached hydrogens (tertiary/aromatic N) is 2. The highest BCUT2D eigenvalue weighted by atomic mass is 15.1. The maximum atomic E-state index is 4.60. The van der Waals surface area contributed by atoms with Crippen LogP contribution >= 0.6 is 0 Å². The molecule has 2 heterocycles. The second kappa shape index (κ2) is 3.93. The molecule has 0 amide bonds. The Labute approximate surface area is 92.3 Å². The van der Waals surface area contributed by atoms with Crippen LogP contribution in [0.3, 0.4) is 0 Å². The molecule has 0 saturated carbocycles. The Kier molecular flexibility index (Phi) is 2.79. The monoisotopic (exact) mass is 204 g/mol. The summed E-state index contributed by atoms with van der Waals surface area (Å²) < 4.78 is 0. The molecule has 1 aromatic rings. The summed E-state index contributed by atoms with van der Waals surface area (Å²) in [6, 6.07) is 2.95. The van der Waals surface area contributed by atoms with Crippen molar-refractivity contribution in [1.29, 1.82) is 0 Å². The molecule has 1 aliphatic rings. The van der Waals surface area contributed by atoms with Gasteiger partial charge >= 0.3 is 0 Å². The lowest BCUT2D eigenvalue weighted by molar-refractivity contribution is 0.228. The van der Waals surface area contributed by atoms with Crippen molar-refractivity contribution < 1.29 is 0 Å². The Hall–Kier alpha value is -0.890. The molecule has 82 valence electrons. The van der Waals surface area contributed by atoms with Gasteiger partial charge in [0.15, 0.2) is 0 Å². The van der Waals surface area contributed by atoms with E-state index in [0.717, 1.165) is 13.0 Å². The molecule has 0 bridgehead atoms. The molecule has 2 rings (SSSR count). The molecular formula is C13H20N2. The highest BCUT2D eigenvalue weighted by molar-refractivity contribution is 5.29. The van der Waals surface area contributed by atoms with E-state index in [0.29, 0.717) is 12.0 Å². The molecule has 0 aliphatic carbocycles. The smallest absolute Gasteiger partial charge is 0.0464 e. The van der Waals surface area contributed by atoms with Gasteiger partial charge < -0.3 is 0 Å². The number of aromatic nitrogens is 1. The van der Waals surface area contributed by atoms with Crippen LogP contribution in [0.4, 0.5) is 0 Å². The second-order valence-corrected chi connectivity index (χ2v) is 5.00. The van der Waals surface area contributed by atoms with Gasteiger partial charge in [-0.3, -0.25) is 9.88 Å². The molecule has 0 saturated heterocycles. The Morgan fingerprint density at radius 1 is 1.47 bits per heavy atom. The van der Waals surface area contributed by atoms with Crippen molar-refractivity contribution in [2.45, 2.75) is 45.7 Å². The summed E-state index contributed by atoms with van der Waals surface area (Å²) in [5, 5.41) is 0. The largest absolute Gasteiger partial charge is 0.299 e. The van der Waals surface area contributed by atoms with Crippen LogP contribution in [0.2, 0.25) is 0 Å². The minimum atomic E-state index is 0.576. The van der Waals surface area contributed by atoms with E-state index in [9.17, 15) is 0 Å². The first-order chi connectivity index (χ1) is 7.08. The Bertz CT molecular complexity index is 358. The van der Waals surface area contributed by atoms with Crippen LogP contribution in [0.25, 0.3) is 0 Å². The van der Waals surface area contributed by atoms with E-state index < -0.39 is 0 Å². The zero-order chi connectivity index (χ0) is 11.0. The number of hydrogen-bond acceptors (Lipinski definition) is 2. The van der Waals surface area contributed by atoms with Gasteiger partial charge in [0.05, 0.1) is 0 Å². The van der Waals surface area contributed by atoms with E-state index in [1.54, 1.807) is 0 Å². The van der Waals surface area contributed by atoms with Crippen LogP contribution in [-0.2, 0) is 13.0 Å². The summed E-state index contributed by atoms with van der Waals surface area (Å²) in [6.45, 7) is 7.75. The fraction of sp³-hybridized carbons (Fsp3) is 0.615. The quantitative estimate of drug-likeness (QED) is 0.699. The number of pyridine rings is 1. The van der Waals surface area contributed by atoms with Crippen LogP contribution in [-0.4, -0.2) is 23.0 Å². The fourth-order valence-corrected chi connectivity index (χ4v) is 2.05. The number of likely N-dealkylation sites (N-methyl/N-ethyl adjacent to an activating group) is 1. The predicted octanol–water partition coefficient (Wildman–Crippen LogP) is 2.58. The molecule has 0 radical (unpaired) electrons. The zero-order valence-electron chi connectivity index (χ0n) is 10.1. The van der Waals surface area contributed by atoms with E-state index in [2.05, 4.69) is 43.8 Å². The first-order valence-electron chi connectivity index (χ1n) is 5.76. The maximum Gasteiger partial charge on any atom is 0.0464 e. The van der Waals surface area contributed by atoms with E-state index in [4.69, 9.17) is 0 Å². The SMILES string of the molecule is CC(C)c1cnc2c(c1)CN(C)C(C)C2. The van der Waals surface area contributed by atoms with Gasteiger partial charge in [0.2, 0.25) is 0 Å². The van der Waals surface area contributed by atoms with Crippen LogP contribution in [0.15, 0.2) is 12.3 Å². The molecule has 15 heavy (non-hydrogen) atoms. The number of fused-ring (bicyclic) bond motifs is 1. The van der Waals surface area contributed by atoms with E-state index in [-0.39, 0.29) is 0 Å². The molecule has 1 unspecified atom stereocenters. The molecule has 1 aromatic heterocycles. The van der Waals surface area contributed by atoms with Crippen LogP contribution < -0.4 is 0 Å². The van der Waals surface area contributed by atoms with E-state index in [1.165, 1.54) is 16.8 Å². The molecule has 2 nitrogen and oxygen atoms in total. The average Bonchev–Trinajstić information content (AvgIpc) is 2.19. The number of hydrogen-bond donors (Lipinski definition) is 0. The van der Waals surface area contributed by atoms with Crippen molar-refractivity contribution in [3.8, 4) is 0 Å². The van der Waals surface area contributed by atoms with E-state index in [1.807, 2.05) is 6.20 Å². The van der Waals surface area contributed by atoms with Gasteiger partial charge in [0, 0.05) is 30.9 Å². The standard InChI is InChI=1S/C13H20N2/c1-9(2)11-6-12-8-15(4)10(3)5-13(12)14-7-11/h6-7,9-10H,5,8H2,1-4H3. The number of rotatable bonds is 1. The first kappa shape index (κ1) is 10.6. The van der Waals surface area contributed by atoms with Gasteiger partial charge in [-0.25, -0.2) is 0 Å². The van der Waals surface area contributed by atoms with Crippen LogP contribution in [0.5, 0.6) is 0 Å². The van der Waals surface area contributed by atoms with Crippen molar-refractivity contribution in [2.24, 2.45) is 0 Å². The summed E-state index contributed by atoms with van der Waals surface area (Å²) in [4.78, 5) is 7.00. The third kappa shape index (κ3) is 2.05. The summed E-state index contributed by atoms with van der Waals surface area (Å²) in [7, 11) is 2.19. The average molecular weight is 204 g/mol. The molecule has 1 atom stereocenters. The van der Waals surface area contributed by atoms with Gasteiger partial charge in [-0.15, -0.1) is 0 Å². The summed E-state index contributed by atoms with van der Waals surface area (Å²) in [5.74, 6) is 0.576. The van der Waals surface area contributed by atoms with Crippen molar-refractivity contribution >= 4 is 0 Å². The molecule has 0 N–H and O–H groups in total. The third-order valence-electron chi connectivity index (χ3n) is 3.41. The Morgan fingerprint density at radius 3 is 2.87 bits per heavy atom. The predicted molar refractivity (Wildman–Crippen MR) is 63.0 cm³/mol. The summed E-state index contributed by atoms with van der Waals surface area (Å²) in [5.41, 5.74) is 4.07. The van der Waals surface area contributed by atoms with Gasteiger partial charge in [-0.2, -0.15) is 0 Å². The van der Waals surface area contributed by atoms with Crippen LogP contribution in [0.1, 0.15) is 43.5 Å². The van der Waals surface area contributed by atoms with Gasteiger partial charge in [0.1, 0.15) is 0 Å². The molecular weight excluding hydrogens is 184 g/mol. The van der Waals surface area contributed by atoms with Crippen molar-refractivity contribution in [1.82, 2.24) is 9.88 Å².